The van der Waals surface area contributed by atoms with Crippen LogP contribution in [0, 0.1) is 5.92 Å². The summed E-state index contributed by atoms with van der Waals surface area (Å²) in [5.74, 6) is -0.242. The molecule has 1 amide bonds. The molecule has 0 aliphatic heterocycles. The van der Waals surface area contributed by atoms with E-state index in [0.29, 0.717) is 13.2 Å². The highest BCUT2D eigenvalue weighted by Crippen LogP contribution is 1.99. The average Bonchev–Trinajstić information content (AvgIpc) is 2.22. The molecule has 0 aliphatic carbocycles. The van der Waals surface area contributed by atoms with Gasteiger partial charge in [-0.2, -0.15) is 0 Å². The lowest BCUT2D eigenvalue weighted by Gasteiger charge is -2.19. The first-order valence-electron chi connectivity index (χ1n) is 5.08. The summed E-state index contributed by atoms with van der Waals surface area (Å²) in [4.78, 5) is 11.5. The molecule has 90 valence electrons. The number of amides is 1. The molecular formula is C10H22N2O3. The predicted molar refractivity (Wildman–Crippen MR) is 58.5 cm³/mol. The van der Waals surface area contributed by atoms with Crippen LogP contribution in [0.15, 0.2) is 0 Å². The number of hydrogen-bond acceptors (Lipinski definition) is 4. The SMILES string of the molecule is COCC(CNC(=O)C(C)C(C)N)OC. The lowest BCUT2D eigenvalue weighted by Crippen LogP contribution is -2.42. The molecule has 0 aliphatic rings. The van der Waals surface area contributed by atoms with Crippen molar-refractivity contribution in [2.75, 3.05) is 27.4 Å². The Morgan fingerprint density at radius 2 is 2.00 bits per heavy atom. The highest BCUT2D eigenvalue weighted by molar-refractivity contribution is 5.78. The minimum absolute atomic E-state index is 0.0526. The molecule has 0 fully saturated rings. The third-order valence-corrected chi connectivity index (χ3v) is 2.39. The number of carbonyl (C=O) groups excluding carboxylic acids is 1. The largest absolute Gasteiger partial charge is 0.382 e. The topological polar surface area (TPSA) is 73.6 Å². The van der Waals surface area contributed by atoms with Crippen molar-refractivity contribution in [3.05, 3.63) is 0 Å². The van der Waals surface area contributed by atoms with Crippen molar-refractivity contribution in [2.24, 2.45) is 11.7 Å². The van der Waals surface area contributed by atoms with E-state index in [9.17, 15) is 4.79 Å². The third kappa shape index (κ3) is 5.71. The predicted octanol–water partition coefficient (Wildman–Crippen LogP) is -0.253. The fraction of sp³-hybridized carbons (Fsp3) is 0.900. The van der Waals surface area contributed by atoms with E-state index in [1.807, 2.05) is 6.92 Å². The van der Waals surface area contributed by atoms with Gasteiger partial charge in [0.2, 0.25) is 5.91 Å². The zero-order chi connectivity index (χ0) is 11.8. The highest BCUT2D eigenvalue weighted by atomic mass is 16.5. The van der Waals surface area contributed by atoms with Crippen molar-refractivity contribution >= 4 is 5.91 Å². The van der Waals surface area contributed by atoms with Gasteiger partial charge in [-0.1, -0.05) is 6.92 Å². The number of hydrogen-bond donors (Lipinski definition) is 2. The van der Waals surface area contributed by atoms with Crippen LogP contribution in [0.3, 0.4) is 0 Å². The van der Waals surface area contributed by atoms with Crippen molar-refractivity contribution in [3.63, 3.8) is 0 Å². The molecule has 5 heteroatoms. The quantitative estimate of drug-likeness (QED) is 0.618. The Kier molecular flexibility index (Phi) is 7.29. The number of methoxy groups -OCH3 is 2. The molecule has 0 rings (SSSR count). The monoisotopic (exact) mass is 218 g/mol. The average molecular weight is 218 g/mol. The summed E-state index contributed by atoms with van der Waals surface area (Å²) in [6, 6.07) is -0.145. The van der Waals surface area contributed by atoms with E-state index in [-0.39, 0.29) is 24.0 Å². The number of rotatable bonds is 7. The molecule has 0 saturated carbocycles. The Bertz CT molecular complexity index is 186. The molecule has 0 aromatic carbocycles. The molecule has 15 heavy (non-hydrogen) atoms. The van der Waals surface area contributed by atoms with Crippen molar-refractivity contribution < 1.29 is 14.3 Å². The van der Waals surface area contributed by atoms with Crippen LogP contribution >= 0.6 is 0 Å². The fourth-order valence-electron chi connectivity index (χ4n) is 1.01. The van der Waals surface area contributed by atoms with Gasteiger partial charge in [0, 0.05) is 32.7 Å². The smallest absolute Gasteiger partial charge is 0.224 e. The molecule has 3 atom stereocenters. The molecule has 0 heterocycles. The molecule has 3 N–H and O–H groups in total. The minimum Gasteiger partial charge on any atom is -0.382 e. The second-order valence-electron chi connectivity index (χ2n) is 3.71. The van der Waals surface area contributed by atoms with Crippen molar-refractivity contribution in [1.29, 1.82) is 0 Å². The van der Waals surface area contributed by atoms with Crippen LogP contribution in [-0.4, -0.2) is 45.4 Å². The van der Waals surface area contributed by atoms with E-state index < -0.39 is 0 Å². The summed E-state index contributed by atoms with van der Waals surface area (Å²) in [5.41, 5.74) is 5.62. The van der Waals surface area contributed by atoms with Gasteiger partial charge in [0.25, 0.3) is 0 Å². The van der Waals surface area contributed by atoms with Gasteiger partial charge in [0.15, 0.2) is 0 Å². The summed E-state index contributed by atoms with van der Waals surface area (Å²) >= 11 is 0. The first-order chi connectivity index (χ1) is 7.02. The van der Waals surface area contributed by atoms with Gasteiger partial charge in [-0.3, -0.25) is 4.79 Å². The second kappa shape index (κ2) is 7.62. The molecule has 0 radical (unpaired) electrons. The van der Waals surface area contributed by atoms with Crippen molar-refractivity contribution in [1.82, 2.24) is 5.32 Å². The molecule has 3 unspecified atom stereocenters. The molecule has 0 aromatic heterocycles. The van der Waals surface area contributed by atoms with Gasteiger partial charge >= 0.3 is 0 Å². The normalized spacial score (nSPS) is 16.9. The zero-order valence-corrected chi connectivity index (χ0v) is 9.95. The van der Waals surface area contributed by atoms with Crippen LogP contribution in [0.1, 0.15) is 13.8 Å². The Labute approximate surface area is 91.3 Å². The van der Waals surface area contributed by atoms with Crippen LogP contribution in [0.4, 0.5) is 0 Å². The number of nitrogens with two attached hydrogens (primary N) is 1. The summed E-state index contributed by atoms with van der Waals surface area (Å²) < 4.78 is 10.0. The van der Waals surface area contributed by atoms with E-state index in [0.717, 1.165) is 0 Å². The number of carbonyl (C=O) groups is 1. The Hall–Kier alpha value is -0.650. The van der Waals surface area contributed by atoms with Crippen molar-refractivity contribution in [2.45, 2.75) is 26.0 Å². The summed E-state index contributed by atoms with van der Waals surface area (Å²) in [6.07, 6.45) is -0.112. The zero-order valence-electron chi connectivity index (χ0n) is 9.95. The molecule has 0 spiro atoms. The fourth-order valence-corrected chi connectivity index (χ4v) is 1.01. The molecular weight excluding hydrogens is 196 g/mol. The maximum Gasteiger partial charge on any atom is 0.224 e. The maximum absolute atomic E-state index is 11.5. The Morgan fingerprint density at radius 3 is 2.40 bits per heavy atom. The molecule has 0 saturated heterocycles. The first kappa shape index (κ1) is 14.3. The third-order valence-electron chi connectivity index (χ3n) is 2.39. The standard InChI is InChI=1S/C10H22N2O3/c1-7(8(2)11)10(13)12-5-9(15-4)6-14-3/h7-9H,5-6,11H2,1-4H3,(H,12,13). The van der Waals surface area contributed by atoms with Crippen LogP contribution in [0.5, 0.6) is 0 Å². The van der Waals surface area contributed by atoms with Crippen LogP contribution < -0.4 is 11.1 Å². The van der Waals surface area contributed by atoms with E-state index in [1.165, 1.54) is 0 Å². The summed E-state index contributed by atoms with van der Waals surface area (Å²) in [5, 5.41) is 2.78. The number of nitrogens with one attached hydrogen (secondary N) is 1. The van der Waals surface area contributed by atoms with Gasteiger partial charge in [-0.05, 0) is 6.92 Å². The van der Waals surface area contributed by atoms with Crippen LogP contribution in [0.2, 0.25) is 0 Å². The van der Waals surface area contributed by atoms with Crippen LogP contribution in [-0.2, 0) is 14.3 Å². The van der Waals surface area contributed by atoms with Gasteiger partial charge in [0.05, 0.1) is 12.7 Å². The summed E-state index contributed by atoms with van der Waals surface area (Å²) in [6.45, 7) is 4.52. The lowest BCUT2D eigenvalue weighted by atomic mass is 10.0. The van der Waals surface area contributed by atoms with Gasteiger partial charge < -0.3 is 20.5 Å². The summed E-state index contributed by atoms with van der Waals surface area (Å²) in [7, 11) is 3.18. The number of ether oxygens (including phenoxy) is 2. The van der Waals surface area contributed by atoms with Gasteiger partial charge in [0.1, 0.15) is 0 Å². The lowest BCUT2D eigenvalue weighted by molar-refractivity contribution is -0.125. The maximum atomic E-state index is 11.5. The Balaban J connectivity index is 3.87. The van der Waals surface area contributed by atoms with E-state index in [4.69, 9.17) is 15.2 Å². The highest BCUT2D eigenvalue weighted by Gasteiger charge is 2.17. The van der Waals surface area contributed by atoms with Crippen LogP contribution in [0.25, 0.3) is 0 Å². The van der Waals surface area contributed by atoms with Gasteiger partial charge in [-0.25, -0.2) is 0 Å². The molecule has 5 nitrogen and oxygen atoms in total. The Morgan fingerprint density at radius 1 is 1.40 bits per heavy atom. The molecule has 0 aromatic rings. The van der Waals surface area contributed by atoms with E-state index >= 15 is 0 Å². The van der Waals surface area contributed by atoms with Crippen molar-refractivity contribution in [3.8, 4) is 0 Å². The first-order valence-corrected chi connectivity index (χ1v) is 5.08. The second-order valence-corrected chi connectivity index (χ2v) is 3.71. The van der Waals surface area contributed by atoms with Gasteiger partial charge in [-0.15, -0.1) is 0 Å². The van der Waals surface area contributed by atoms with E-state index in [2.05, 4.69) is 5.32 Å². The minimum atomic E-state index is -0.190. The van der Waals surface area contributed by atoms with E-state index in [1.54, 1.807) is 21.1 Å². The molecule has 0 bridgehead atoms.